The van der Waals surface area contributed by atoms with Crippen molar-refractivity contribution in [3.8, 4) is 0 Å². The van der Waals surface area contributed by atoms with Crippen LogP contribution in [0.2, 0.25) is 0 Å². The highest BCUT2D eigenvalue weighted by Crippen LogP contribution is 2.32. The van der Waals surface area contributed by atoms with Gasteiger partial charge in [-0.05, 0) is 59.6 Å². The van der Waals surface area contributed by atoms with E-state index < -0.39 is 5.41 Å². The molecule has 1 aromatic carbocycles. The number of thiazole rings is 1. The average Bonchev–Trinajstić information content (AvgIpc) is 3.28. The van der Waals surface area contributed by atoms with Gasteiger partial charge >= 0.3 is 6.03 Å². The predicted octanol–water partition coefficient (Wildman–Crippen LogP) is 4.50. The van der Waals surface area contributed by atoms with Crippen LogP contribution in [-0.2, 0) is 12.0 Å². The second kappa shape index (κ2) is 10.1. The molecule has 0 spiro atoms. The Bertz CT molecular complexity index is 1110. The summed E-state index contributed by atoms with van der Waals surface area (Å²) in [6.45, 7) is 7.55. The number of benzene rings is 1. The van der Waals surface area contributed by atoms with Crippen molar-refractivity contribution >= 4 is 44.1 Å². The van der Waals surface area contributed by atoms with E-state index in [1.165, 1.54) is 17.4 Å². The van der Waals surface area contributed by atoms with Gasteiger partial charge in [0.2, 0.25) is 0 Å². The summed E-state index contributed by atoms with van der Waals surface area (Å²) in [5, 5.41) is 11.2. The number of nitrogens with one attached hydrogen (secondary N) is 3. The van der Waals surface area contributed by atoms with Gasteiger partial charge in [-0.3, -0.25) is 10.3 Å². The second-order valence-electron chi connectivity index (χ2n) is 8.36. The van der Waals surface area contributed by atoms with E-state index in [-0.39, 0.29) is 18.4 Å². The van der Waals surface area contributed by atoms with Crippen molar-refractivity contribution in [1.82, 2.24) is 20.6 Å². The number of carbonyl (C=O) groups is 1. The molecule has 0 unspecified atom stereocenters. The van der Waals surface area contributed by atoms with E-state index in [1.807, 2.05) is 42.3 Å². The highest BCUT2D eigenvalue weighted by atomic mass is 79.9. The highest BCUT2D eigenvalue weighted by molar-refractivity contribution is 9.10. The van der Waals surface area contributed by atoms with Gasteiger partial charge < -0.3 is 15.5 Å². The lowest BCUT2D eigenvalue weighted by Gasteiger charge is -2.29. The fourth-order valence-corrected chi connectivity index (χ4v) is 4.75. The van der Waals surface area contributed by atoms with Gasteiger partial charge in [-0.2, -0.15) is 0 Å². The summed E-state index contributed by atoms with van der Waals surface area (Å²) in [5.74, 6) is -0.273. The van der Waals surface area contributed by atoms with E-state index in [4.69, 9.17) is 0 Å². The maximum Gasteiger partial charge on any atom is 0.321 e. The second-order valence-corrected chi connectivity index (χ2v) is 10.1. The smallest absolute Gasteiger partial charge is 0.321 e. The van der Waals surface area contributed by atoms with E-state index >= 15 is 0 Å². The number of piperazine rings is 1. The number of hydrogen-bond donors (Lipinski definition) is 3. The number of halogens is 2. The fraction of sp³-hybridized carbons (Fsp3) is 0.348. The summed E-state index contributed by atoms with van der Waals surface area (Å²) in [7, 11) is 0. The number of hydrogen-bond acceptors (Lipinski definition) is 6. The molecule has 3 N–H and O–H groups in total. The molecule has 33 heavy (non-hydrogen) atoms. The quantitative estimate of drug-likeness (QED) is 0.435. The van der Waals surface area contributed by atoms with Crippen LogP contribution in [0.15, 0.2) is 46.4 Å². The summed E-state index contributed by atoms with van der Waals surface area (Å²) in [6.07, 6.45) is 1.76. The molecule has 7 nitrogen and oxygen atoms in total. The number of anilines is 2. The van der Waals surface area contributed by atoms with E-state index in [0.29, 0.717) is 16.4 Å². The number of amides is 2. The third-order valence-electron chi connectivity index (χ3n) is 5.66. The van der Waals surface area contributed by atoms with Gasteiger partial charge in [0.25, 0.3) is 0 Å². The Morgan fingerprint density at radius 2 is 2.03 bits per heavy atom. The van der Waals surface area contributed by atoms with Crippen LogP contribution in [0.5, 0.6) is 0 Å². The Balaban J connectivity index is 1.33. The van der Waals surface area contributed by atoms with Gasteiger partial charge in [0.15, 0.2) is 5.13 Å². The highest BCUT2D eigenvalue weighted by Gasteiger charge is 2.28. The molecule has 0 atom stereocenters. The molecule has 0 bridgehead atoms. The Morgan fingerprint density at radius 3 is 2.73 bits per heavy atom. The van der Waals surface area contributed by atoms with E-state index in [2.05, 4.69) is 41.8 Å². The molecule has 4 rings (SSSR count). The number of rotatable bonds is 6. The number of nitrogens with zero attached hydrogens (tertiary/aromatic N) is 3. The van der Waals surface area contributed by atoms with E-state index in [9.17, 15) is 9.18 Å². The summed E-state index contributed by atoms with van der Waals surface area (Å²) in [6, 6.07) is 8.61. The summed E-state index contributed by atoms with van der Waals surface area (Å²) >= 11 is 4.75. The van der Waals surface area contributed by atoms with Gasteiger partial charge in [-0.15, -0.1) is 11.3 Å². The lowest BCUT2D eigenvalue weighted by Crippen LogP contribution is -2.43. The summed E-state index contributed by atoms with van der Waals surface area (Å²) < 4.78 is 15.5. The van der Waals surface area contributed by atoms with Crippen LogP contribution in [0.3, 0.4) is 0 Å². The van der Waals surface area contributed by atoms with Crippen LogP contribution < -0.4 is 20.9 Å². The van der Waals surface area contributed by atoms with Gasteiger partial charge in [-0.1, -0.05) is 6.07 Å². The zero-order chi connectivity index (χ0) is 23.4. The van der Waals surface area contributed by atoms with Crippen molar-refractivity contribution in [2.75, 3.05) is 36.4 Å². The minimum absolute atomic E-state index is 0.219. The van der Waals surface area contributed by atoms with Crippen LogP contribution >= 0.6 is 27.3 Å². The predicted molar refractivity (Wildman–Crippen MR) is 134 cm³/mol. The molecule has 3 aromatic rings. The van der Waals surface area contributed by atoms with Crippen molar-refractivity contribution in [2.45, 2.75) is 25.8 Å². The standard InChI is InChI=1S/C23H26BrFN6OS/c1-23(2,19-6-4-16(24)13-27-19)20-14-33-22(29-20)30-21(32)28-12-15-3-5-18(17(25)11-15)31-9-7-26-8-10-31/h3-6,11,13-14,26H,7-10,12H2,1-2H3,(H2,28,29,30,32). The molecule has 1 fully saturated rings. The van der Waals surface area contributed by atoms with Gasteiger partial charge in [-0.25, -0.2) is 14.2 Å². The SMILES string of the molecule is CC(C)(c1ccc(Br)cn1)c1csc(NC(=O)NCc2ccc(N3CCNCC3)c(F)c2)n1. The van der Waals surface area contributed by atoms with Crippen LogP contribution in [0.1, 0.15) is 30.8 Å². The number of carbonyl (C=O) groups excluding carboxylic acids is 1. The zero-order valence-electron chi connectivity index (χ0n) is 18.5. The minimum Gasteiger partial charge on any atom is -0.367 e. The van der Waals surface area contributed by atoms with Crippen molar-refractivity contribution in [1.29, 1.82) is 0 Å². The van der Waals surface area contributed by atoms with Crippen LogP contribution in [0, 0.1) is 5.82 Å². The summed E-state index contributed by atoms with van der Waals surface area (Å²) in [4.78, 5) is 23.5. The Hall–Kier alpha value is -2.56. The third kappa shape index (κ3) is 5.69. The topological polar surface area (TPSA) is 82.2 Å². The van der Waals surface area contributed by atoms with E-state index in [1.54, 1.807) is 12.3 Å². The first-order chi connectivity index (χ1) is 15.8. The minimum atomic E-state index is -0.405. The zero-order valence-corrected chi connectivity index (χ0v) is 20.9. The lowest BCUT2D eigenvalue weighted by atomic mass is 9.86. The van der Waals surface area contributed by atoms with Crippen molar-refractivity contribution in [3.63, 3.8) is 0 Å². The van der Waals surface area contributed by atoms with Crippen LogP contribution in [0.25, 0.3) is 0 Å². The largest absolute Gasteiger partial charge is 0.367 e. The number of aromatic nitrogens is 2. The van der Waals surface area contributed by atoms with Gasteiger partial charge in [0.05, 0.1) is 22.5 Å². The number of pyridine rings is 1. The average molecular weight is 533 g/mol. The first-order valence-corrected chi connectivity index (χ1v) is 12.4. The molecule has 0 radical (unpaired) electrons. The molecule has 1 aliphatic rings. The molecule has 0 saturated carbocycles. The number of urea groups is 1. The Labute approximate surface area is 205 Å². The van der Waals surface area contributed by atoms with Crippen molar-refractivity contribution in [3.05, 3.63) is 69.1 Å². The molecule has 2 amide bonds. The van der Waals surface area contributed by atoms with Crippen LogP contribution in [0.4, 0.5) is 20.0 Å². The van der Waals surface area contributed by atoms with Crippen LogP contribution in [-0.4, -0.2) is 42.2 Å². The fourth-order valence-electron chi connectivity index (χ4n) is 3.64. The molecule has 174 valence electrons. The molecular formula is C23H26BrFN6OS. The monoisotopic (exact) mass is 532 g/mol. The van der Waals surface area contributed by atoms with E-state index in [0.717, 1.165) is 42.0 Å². The first kappa shape index (κ1) is 23.6. The first-order valence-electron chi connectivity index (χ1n) is 10.7. The maximum absolute atomic E-state index is 14.6. The normalized spacial score (nSPS) is 14.2. The van der Waals surface area contributed by atoms with Gasteiger partial charge in [0.1, 0.15) is 5.82 Å². The summed E-state index contributed by atoms with van der Waals surface area (Å²) in [5.41, 5.74) is 2.60. The van der Waals surface area contributed by atoms with Crippen molar-refractivity contribution < 1.29 is 9.18 Å². The molecule has 3 heterocycles. The van der Waals surface area contributed by atoms with Gasteiger partial charge in [0, 0.05) is 48.8 Å². The molecule has 2 aromatic heterocycles. The molecule has 0 aliphatic carbocycles. The molecule has 10 heteroatoms. The third-order valence-corrected chi connectivity index (χ3v) is 6.88. The Morgan fingerprint density at radius 1 is 1.24 bits per heavy atom. The molecular weight excluding hydrogens is 507 g/mol. The maximum atomic E-state index is 14.6. The Kier molecular flexibility index (Phi) is 7.26. The molecule has 1 saturated heterocycles. The lowest BCUT2D eigenvalue weighted by molar-refractivity contribution is 0.251. The van der Waals surface area contributed by atoms with Crippen molar-refractivity contribution in [2.24, 2.45) is 0 Å². The molecule has 1 aliphatic heterocycles.